The topological polar surface area (TPSA) is 34.4 Å². The molecule has 3 nitrogen and oxygen atoms in total. The van der Waals surface area contributed by atoms with Gasteiger partial charge in [-0.1, -0.05) is 19.1 Å². The van der Waals surface area contributed by atoms with Gasteiger partial charge in [0.25, 0.3) is 0 Å². The molecule has 0 aliphatic carbocycles. The summed E-state index contributed by atoms with van der Waals surface area (Å²) in [6.45, 7) is 4.44. The average Bonchev–Trinajstić information content (AvgIpc) is 3.05. The van der Waals surface area contributed by atoms with E-state index < -0.39 is 0 Å². The third-order valence-corrected chi connectivity index (χ3v) is 3.68. The molecule has 2 unspecified atom stereocenters. The minimum absolute atomic E-state index is 0.0966. The molecule has 102 valence electrons. The third-order valence-electron chi connectivity index (χ3n) is 3.68. The molecule has 2 heterocycles. The molecule has 2 atom stereocenters. The van der Waals surface area contributed by atoms with Crippen LogP contribution in [0.5, 0.6) is 0 Å². The third kappa shape index (κ3) is 2.38. The van der Waals surface area contributed by atoms with Gasteiger partial charge in [0.2, 0.25) is 0 Å². The lowest BCUT2D eigenvalue weighted by Crippen LogP contribution is -2.28. The fourth-order valence-corrected chi connectivity index (χ4v) is 2.74. The van der Waals surface area contributed by atoms with E-state index in [2.05, 4.69) is 12.2 Å². The summed E-state index contributed by atoms with van der Waals surface area (Å²) in [6.07, 6.45) is 1.01. The molecule has 0 amide bonds. The van der Waals surface area contributed by atoms with Crippen LogP contribution in [0.1, 0.15) is 25.1 Å². The molecule has 1 aliphatic heterocycles. The van der Waals surface area contributed by atoms with Crippen LogP contribution in [-0.2, 0) is 4.74 Å². The summed E-state index contributed by atoms with van der Waals surface area (Å²) < 4.78 is 24.9. The first-order valence-electron chi connectivity index (χ1n) is 6.78. The van der Waals surface area contributed by atoms with Gasteiger partial charge >= 0.3 is 0 Å². The van der Waals surface area contributed by atoms with E-state index in [0.717, 1.165) is 37.3 Å². The fourth-order valence-electron chi connectivity index (χ4n) is 2.74. The van der Waals surface area contributed by atoms with Crippen LogP contribution >= 0.6 is 0 Å². The predicted molar refractivity (Wildman–Crippen MR) is 71.5 cm³/mol. The monoisotopic (exact) mass is 263 g/mol. The molecule has 1 fully saturated rings. The van der Waals surface area contributed by atoms with Crippen molar-refractivity contribution in [1.29, 1.82) is 0 Å². The van der Waals surface area contributed by atoms with Crippen molar-refractivity contribution in [1.82, 2.24) is 5.32 Å². The predicted octanol–water partition coefficient (Wildman–Crippen LogP) is 3.26. The zero-order valence-electron chi connectivity index (χ0n) is 11.0. The molecule has 0 radical (unpaired) electrons. The fraction of sp³-hybridized carbons (Fsp3) is 0.467. The van der Waals surface area contributed by atoms with E-state index in [1.165, 1.54) is 6.07 Å². The van der Waals surface area contributed by atoms with Crippen LogP contribution in [0, 0.1) is 11.7 Å². The quantitative estimate of drug-likeness (QED) is 0.919. The van der Waals surface area contributed by atoms with Crippen molar-refractivity contribution >= 4 is 11.0 Å². The minimum Gasteiger partial charge on any atom is -0.456 e. The molecule has 4 heteroatoms. The van der Waals surface area contributed by atoms with Gasteiger partial charge in [-0.3, -0.25) is 0 Å². The van der Waals surface area contributed by atoms with Gasteiger partial charge < -0.3 is 14.5 Å². The largest absolute Gasteiger partial charge is 0.456 e. The van der Waals surface area contributed by atoms with Crippen molar-refractivity contribution in [2.45, 2.75) is 19.4 Å². The lowest BCUT2D eigenvalue weighted by Gasteiger charge is -2.20. The summed E-state index contributed by atoms with van der Waals surface area (Å²) in [4.78, 5) is 0. The van der Waals surface area contributed by atoms with Crippen LogP contribution in [0.15, 0.2) is 28.7 Å². The summed E-state index contributed by atoms with van der Waals surface area (Å²) >= 11 is 0. The molecule has 1 aromatic heterocycles. The number of benzene rings is 1. The number of ether oxygens (including phenoxy) is 1. The van der Waals surface area contributed by atoms with E-state index in [0.29, 0.717) is 11.5 Å². The summed E-state index contributed by atoms with van der Waals surface area (Å²) in [5, 5.41) is 4.24. The second-order valence-corrected chi connectivity index (χ2v) is 4.97. The van der Waals surface area contributed by atoms with Gasteiger partial charge in [0.1, 0.15) is 5.76 Å². The number of halogens is 1. The van der Waals surface area contributed by atoms with E-state index >= 15 is 0 Å². The Morgan fingerprint density at radius 2 is 2.37 bits per heavy atom. The minimum atomic E-state index is -0.304. The first-order valence-corrected chi connectivity index (χ1v) is 6.78. The highest BCUT2D eigenvalue weighted by atomic mass is 19.1. The Balaban J connectivity index is 1.97. The molecule has 2 aromatic rings. The highest BCUT2D eigenvalue weighted by molar-refractivity contribution is 5.78. The Bertz CT molecular complexity index is 560. The molecule has 1 N–H and O–H groups in total. The smallest absolute Gasteiger partial charge is 0.169 e. The molecule has 0 saturated carbocycles. The number of furan rings is 1. The second kappa shape index (κ2) is 5.31. The molecule has 1 aromatic carbocycles. The van der Waals surface area contributed by atoms with E-state index in [-0.39, 0.29) is 11.9 Å². The Morgan fingerprint density at radius 3 is 3.05 bits per heavy atom. The first-order chi connectivity index (χ1) is 9.29. The van der Waals surface area contributed by atoms with Crippen molar-refractivity contribution in [2.75, 3.05) is 19.8 Å². The first kappa shape index (κ1) is 12.6. The van der Waals surface area contributed by atoms with Crippen LogP contribution < -0.4 is 5.32 Å². The zero-order valence-corrected chi connectivity index (χ0v) is 11.0. The zero-order chi connectivity index (χ0) is 13.2. The van der Waals surface area contributed by atoms with Crippen molar-refractivity contribution in [2.24, 2.45) is 5.92 Å². The number of para-hydroxylation sites is 1. The Labute approximate surface area is 111 Å². The number of hydrogen-bond acceptors (Lipinski definition) is 3. The van der Waals surface area contributed by atoms with Crippen molar-refractivity contribution in [3.05, 3.63) is 35.8 Å². The normalized spacial score (nSPS) is 21.1. The van der Waals surface area contributed by atoms with Gasteiger partial charge in [0, 0.05) is 17.9 Å². The Kier molecular flexibility index (Phi) is 3.53. The van der Waals surface area contributed by atoms with E-state index in [9.17, 15) is 4.39 Å². The van der Waals surface area contributed by atoms with E-state index in [1.54, 1.807) is 6.07 Å². The van der Waals surface area contributed by atoms with Gasteiger partial charge in [-0.15, -0.1) is 0 Å². The van der Waals surface area contributed by atoms with Crippen molar-refractivity contribution < 1.29 is 13.5 Å². The Morgan fingerprint density at radius 1 is 1.47 bits per heavy atom. The maximum atomic E-state index is 13.7. The van der Waals surface area contributed by atoms with Crippen molar-refractivity contribution in [3.63, 3.8) is 0 Å². The molecule has 0 bridgehead atoms. The van der Waals surface area contributed by atoms with E-state index in [1.807, 2.05) is 12.1 Å². The van der Waals surface area contributed by atoms with Crippen molar-refractivity contribution in [3.8, 4) is 0 Å². The molecule has 1 aliphatic rings. The highest BCUT2D eigenvalue weighted by Gasteiger charge is 2.29. The molecule has 3 rings (SSSR count). The molecule has 19 heavy (non-hydrogen) atoms. The summed E-state index contributed by atoms with van der Waals surface area (Å²) in [6, 6.07) is 7.04. The summed E-state index contributed by atoms with van der Waals surface area (Å²) in [7, 11) is 0. The van der Waals surface area contributed by atoms with Crippen LogP contribution in [0.3, 0.4) is 0 Å². The number of rotatable bonds is 4. The van der Waals surface area contributed by atoms with Gasteiger partial charge in [-0.05, 0) is 25.1 Å². The average molecular weight is 263 g/mol. The SMILES string of the molecule is CCNC(c1cc2cccc(F)c2o1)C1CCOC1. The molecular formula is C15H18FNO2. The maximum Gasteiger partial charge on any atom is 0.169 e. The number of fused-ring (bicyclic) bond motifs is 1. The second-order valence-electron chi connectivity index (χ2n) is 4.97. The van der Waals surface area contributed by atoms with Crippen LogP contribution in [0.25, 0.3) is 11.0 Å². The maximum absolute atomic E-state index is 13.7. The molecule has 0 spiro atoms. The highest BCUT2D eigenvalue weighted by Crippen LogP contribution is 2.33. The number of hydrogen-bond donors (Lipinski definition) is 1. The van der Waals surface area contributed by atoms with Crippen LogP contribution in [-0.4, -0.2) is 19.8 Å². The van der Waals surface area contributed by atoms with Crippen LogP contribution in [0.4, 0.5) is 4.39 Å². The summed E-state index contributed by atoms with van der Waals surface area (Å²) in [5.74, 6) is 0.891. The van der Waals surface area contributed by atoms with Crippen LogP contribution in [0.2, 0.25) is 0 Å². The van der Waals surface area contributed by atoms with E-state index in [4.69, 9.17) is 9.15 Å². The number of nitrogens with one attached hydrogen (secondary N) is 1. The van der Waals surface area contributed by atoms with Gasteiger partial charge in [0.05, 0.1) is 12.6 Å². The van der Waals surface area contributed by atoms with Gasteiger partial charge in [0.15, 0.2) is 11.4 Å². The lowest BCUT2D eigenvalue weighted by atomic mass is 9.96. The molecule has 1 saturated heterocycles. The molecular weight excluding hydrogens is 245 g/mol. The van der Waals surface area contributed by atoms with Gasteiger partial charge in [-0.25, -0.2) is 4.39 Å². The van der Waals surface area contributed by atoms with Gasteiger partial charge in [-0.2, -0.15) is 0 Å². The lowest BCUT2D eigenvalue weighted by molar-refractivity contribution is 0.173. The Hall–Kier alpha value is -1.39. The summed E-state index contributed by atoms with van der Waals surface area (Å²) in [5.41, 5.74) is 0.347. The standard InChI is InChI=1S/C15H18FNO2/c1-2-17-14(11-6-7-18-9-11)13-8-10-4-3-5-12(16)15(10)19-13/h3-5,8,11,14,17H,2,6-7,9H2,1H3.